The van der Waals surface area contributed by atoms with E-state index in [0.717, 1.165) is 50.8 Å². The van der Waals surface area contributed by atoms with Crippen molar-refractivity contribution in [3.8, 4) is 0 Å². The van der Waals surface area contributed by atoms with Gasteiger partial charge in [-0.2, -0.15) is 0 Å². The summed E-state index contributed by atoms with van der Waals surface area (Å²) in [6, 6.07) is 9.47. The standard InChI is InChI=1S/C22H35NO4/c1-21(2,3)27-20(24)23-15-13-18(14-16-23)10-8-9-17-26-22(4,25)19-11-6-5-7-12-19/h5-7,11-12,18,25H,8-10,13-17H2,1-4H3. The summed E-state index contributed by atoms with van der Waals surface area (Å²) in [5.41, 5.74) is 0.342. The summed E-state index contributed by atoms with van der Waals surface area (Å²) in [6.45, 7) is 9.48. The first kappa shape index (κ1) is 21.7. The zero-order chi connectivity index (χ0) is 19.9. The van der Waals surface area contributed by atoms with E-state index in [2.05, 4.69) is 0 Å². The van der Waals surface area contributed by atoms with E-state index >= 15 is 0 Å². The van der Waals surface area contributed by atoms with E-state index in [9.17, 15) is 9.90 Å². The van der Waals surface area contributed by atoms with Crippen molar-refractivity contribution >= 4 is 6.09 Å². The smallest absolute Gasteiger partial charge is 0.410 e. The van der Waals surface area contributed by atoms with Gasteiger partial charge >= 0.3 is 6.09 Å². The summed E-state index contributed by atoms with van der Waals surface area (Å²) < 4.78 is 11.1. The molecular formula is C22H35NO4. The monoisotopic (exact) mass is 377 g/mol. The third-order valence-electron chi connectivity index (χ3n) is 4.97. The Labute approximate surface area is 163 Å². The second-order valence-corrected chi connectivity index (χ2v) is 8.60. The van der Waals surface area contributed by atoms with Crippen LogP contribution in [0.5, 0.6) is 0 Å². The van der Waals surface area contributed by atoms with E-state index in [0.29, 0.717) is 12.5 Å². The minimum Gasteiger partial charge on any atom is -0.444 e. The summed E-state index contributed by atoms with van der Waals surface area (Å²) >= 11 is 0. The SMILES string of the molecule is CC(C)(C)OC(=O)N1CCC(CCCCOC(C)(O)c2ccccc2)CC1. The lowest BCUT2D eigenvalue weighted by Crippen LogP contribution is -2.41. The Bertz CT molecular complexity index is 572. The molecule has 1 aromatic rings. The lowest BCUT2D eigenvalue weighted by molar-refractivity contribution is -0.199. The van der Waals surface area contributed by atoms with Crippen LogP contribution in [-0.4, -0.2) is 41.4 Å². The van der Waals surface area contributed by atoms with Crippen molar-refractivity contribution in [3.05, 3.63) is 35.9 Å². The van der Waals surface area contributed by atoms with Crippen LogP contribution in [0, 0.1) is 5.92 Å². The summed E-state index contributed by atoms with van der Waals surface area (Å²) in [6.07, 6.45) is 5.00. The van der Waals surface area contributed by atoms with Crippen LogP contribution in [0.1, 0.15) is 65.4 Å². The van der Waals surface area contributed by atoms with Crippen LogP contribution >= 0.6 is 0 Å². The fourth-order valence-corrected chi connectivity index (χ4v) is 3.37. The van der Waals surface area contributed by atoms with Crippen LogP contribution in [0.4, 0.5) is 4.79 Å². The predicted octanol–water partition coefficient (Wildman–Crippen LogP) is 4.69. The zero-order valence-electron chi connectivity index (χ0n) is 17.2. The summed E-state index contributed by atoms with van der Waals surface area (Å²) in [4.78, 5) is 13.9. The van der Waals surface area contributed by atoms with Crippen molar-refractivity contribution in [2.75, 3.05) is 19.7 Å². The van der Waals surface area contributed by atoms with Gasteiger partial charge in [-0.3, -0.25) is 0 Å². The van der Waals surface area contributed by atoms with Crippen molar-refractivity contribution in [2.24, 2.45) is 5.92 Å². The van der Waals surface area contributed by atoms with Gasteiger partial charge in [0.25, 0.3) is 0 Å². The number of aliphatic hydroxyl groups is 1. The number of ether oxygens (including phenoxy) is 2. The maximum Gasteiger partial charge on any atom is 0.410 e. The first-order chi connectivity index (χ1) is 12.7. The van der Waals surface area contributed by atoms with Gasteiger partial charge in [0.15, 0.2) is 5.79 Å². The molecule has 1 saturated heterocycles. The highest BCUT2D eigenvalue weighted by atomic mass is 16.6. The Balaban J connectivity index is 1.60. The minimum atomic E-state index is -1.24. The molecule has 0 aromatic heterocycles. The van der Waals surface area contributed by atoms with E-state index in [1.54, 1.807) is 6.92 Å². The molecule has 27 heavy (non-hydrogen) atoms. The van der Waals surface area contributed by atoms with Gasteiger partial charge in [0.2, 0.25) is 0 Å². The number of amides is 1. The average molecular weight is 378 g/mol. The number of rotatable bonds is 7. The Morgan fingerprint density at radius 3 is 2.33 bits per heavy atom. The first-order valence-electron chi connectivity index (χ1n) is 10.1. The molecule has 0 saturated carbocycles. The van der Waals surface area contributed by atoms with Crippen molar-refractivity contribution in [3.63, 3.8) is 0 Å². The van der Waals surface area contributed by atoms with Crippen LogP contribution in [0.25, 0.3) is 0 Å². The Morgan fingerprint density at radius 2 is 1.74 bits per heavy atom. The van der Waals surface area contributed by atoms with Gasteiger partial charge in [-0.25, -0.2) is 4.79 Å². The van der Waals surface area contributed by atoms with Gasteiger partial charge in [-0.05, 0) is 52.9 Å². The Kier molecular flexibility index (Phi) is 7.68. The number of likely N-dealkylation sites (tertiary alicyclic amines) is 1. The molecule has 1 aromatic carbocycles. The van der Waals surface area contributed by atoms with Crippen LogP contribution in [0.3, 0.4) is 0 Å². The maximum absolute atomic E-state index is 12.1. The number of piperidine rings is 1. The first-order valence-corrected chi connectivity index (χ1v) is 10.1. The van der Waals surface area contributed by atoms with Crippen molar-refractivity contribution in [2.45, 2.75) is 71.2 Å². The van der Waals surface area contributed by atoms with E-state index in [1.807, 2.05) is 56.0 Å². The molecule has 1 fully saturated rings. The van der Waals surface area contributed by atoms with Gasteiger partial charge < -0.3 is 19.5 Å². The molecule has 0 aliphatic carbocycles. The highest BCUT2D eigenvalue weighted by molar-refractivity contribution is 5.68. The third kappa shape index (κ3) is 7.51. The molecule has 1 unspecified atom stereocenters. The number of unbranched alkanes of at least 4 members (excludes halogenated alkanes) is 1. The molecule has 152 valence electrons. The summed E-state index contributed by atoms with van der Waals surface area (Å²) in [5.74, 6) is -0.585. The second-order valence-electron chi connectivity index (χ2n) is 8.60. The molecule has 0 spiro atoms. The lowest BCUT2D eigenvalue weighted by Gasteiger charge is -2.33. The topological polar surface area (TPSA) is 59.0 Å². The number of nitrogens with zero attached hydrogens (tertiary/aromatic N) is 1. The molecule has 5 nitrogen and oxygen atoms in total. The molecule has 1 N–H and O–H groups in total. The molecule has 1 heterocycles. The number of hydrogen-bond acceptors (Lipinski definition) is 4. The third-order valence-corrected chi connectivity index (χ3v) is 4.97. The Morgan fingerprint density at radius 1 is 1.11 bits per heavy atom. The van der Waals surface area contributed by atoms with Gasteiger partial charge in [0.05, 0.1) is 6.61 Å². The number of carbonyl (C=O) groups is 1. The van der Waals surface area contributed by atoms with Crippen LogP contribution in [0.15, 0.2) is 30.3 Å². The van der Waals surface area contributed by atoms with Crippen molar-refractivity contribution in [1.82, 2.24) is 4.90 Å². The molecule has 1 aliphatic rings. The van der Waals surface area contributed by atoms with Gasteiger partial charge in [0.1, 0.15) is 5.60 Å². The molecule has 1 atom stereocenters. The minimum absolute atomic E-state index is 0.197. The molecule has 2 rings (SSSR count). The molecule has 0 bridgehead atoms. The lowest BCUT2D eigenvalue weighted by atomic mass is 9.92. The molecule has 1 aliphatic heterocycles. The van der Waals surface area contributed by atoms with Gasteiger partial charge in [-0.1, -0.05) is 43.2 Å². The fraction of sp³-hybridized carbons (Fsp3) is 0.682. The largest absolute Gasteiger partial charge is 0.444 e. The van der Waals surface area contributed by atoms with Gasteiger partial charge in [-0.15, -0.1) is 0 Å². The van der Waals surface area contributed by atoms with E-state index < -0.39 is 11.4 Å². The summed E-state index contributed by atoms with van der Waals surface area (Å²) in [5, 5.41) is 10.4. The predicted molar refractivity (Wildman–Crippen MR) is 106 cm³/mol. The summed E-state index contributed by atoms with van der Waals surface area (Å²) in [7, 11) is 0. The number of hydrogen-bond donors (Lipinski definition) is 1. The number of benzene rings is 1. The molecular weight excluding hydrogens is 342 g/mol. The van der Waals surface area contributed by atoms with Crippen LogP contribution in [-0.2, 0) is 15.3 Å². The highest BCUT2D eigenvalue weighted by Gasteiger charge is 2.27. The van der Waals surface area contributed by atoms with Crippen LogP contribution < -0.4 is 0 Å². The average Bonchev–Trinajstić information content (AvgIpc) is 2.61. The van der Waals surface area contributed by atoms with Crippen molar-refractivity contribution < 1.29 is 19.4 Å². The quantitative estimate of drug-likeness (QED) is 0.553. The van der Waals surface area contributed by atoms with E-state index in [1.165, 1.54) is 0 Å². The second kappa shape index (κ2) is 9.56. The van der Waals surface area contributed by atoms with Crippen LogP contribution in [0.2, 0.25) is 0 Å². The number of carbonyl (C=O) groups excluding carboxylic acids is 1. The molecule has 0 radical (unpaired) electrons. The van der Waals surface area contributed by atoms with Crippen molar-refractivity contribution in [1.29, 1.82) is 0 Å². The Hall–Kier alpha value is -1.59. The molecule has 1 amide bonds. The molecule has 5 heteroatoms. The van der Waals surface area contributed by atoms with E-state index in [4.69, 9.17) is 9.47 Å². The van der Waals surface area contributed by atoms with E-state index in [-0.39, 0.29) is 6.09 Å². The zero-order valence-corrected chi connectivity index (χ0v) is 17.2. The van der Waals surface area contributed by atoms with Gasteiger partial charge in [0, 0.05) is 18.7 Å². The maximum atomic E-state index is 12.1. The highest BCUT2D eigenvalue weighted by Crippen LogP contribution is 2.25. The fourth-order valence-electron chi connectivity index (χ4n) is 3.37. The normalized spacial score (nSPS) is 18.2.